The number of H-pyrrole nitrogens is 1. The predicted molar refractivity (Wildman–Crippen MR) is 103 cm³/mol. The molecule has 0 bridgehead atoms. The Kier molecular flexibility index (Phi) is 5.52. The van der Waals surface area contributed by atoms with Crippen molar-refractivity contribution < 1.29 is 19.1 Å². The smallest absolute Gasteiger partial charge is 0.340 e. The van der Waals surface area contributed by atoms with Gasteiger partial charge in [-0.05, 0) is 25.0 Å². The molecule has 2 aromatic rings. The molecule has 4 rings (SSSR count). The van der Waals surface area contributed by atoms with Crippen LogP contribution in [0.2, 0.25) is 4.34 Å². The normalized spacial score (nSPS) is 22.3. The van der Waals surface area contributed by atoms with Gasteiger partial charge in [-0.1, -0.05) is 24.4 Å². The van der Waals surface area contributed by atoms with Crippen LogP contribution >= 0.6 is 22.9 Å². The van der Waals surface area contributed by atoms with Crippen molar-refractivity contribution in [1.29, 1.82) is 0 Å². The Labute approximate surface area is 166 Å². The van der Waals surface area contributed by atoms with Gasteiger partial charge >= 0.3 is 5.97 Å². The maximum atomic E-state index is 12.7. The third kappa shape index (κ3) is 3.90. The molecule has 1 N–H and O–H groups in total. The Morgan fingerprint density at radius 1 is 1.30 bits per heavy atom. The van der Waals surface area contributed by atoms with Crippen molar-refractivity contribution in [2.24, 2.45) is 0 Å². The van der Waals surface area contributed by atoms with E-state index in [2.05, 4.69) is 4.98 Å². The lowest BCUT2D eigenvalue weighted by molar-refractivity contribution is -0.152. The van der Waals surface area contributed by atoms with Crippen LogP contribution in [-0.4, -0.2) is 53.7 Å². The molecule has 1 amide bonds. The summed E-state index contributed by atoms with van der Waals surface area (Å²) in [7, 11) is 0. The van der Waals surface area contributed by atoms with Crippen LogP contribution in [0.1, 0.15) is 36.0 Å². The third-order valence-corrected chi connectivity index (χ3v) is 6.45. The minimum absolute atomic E-state index is 0.106. The van der Waals surface area contributed by atoms with E-state index in [0.29, 0.717) is 23.1 Å². The van der Waals surface area contributed by atoms with Gasteiger partial charge in [0.1, 0.15) is 0 Å². The molecule has 0 radical (unpaired) electrons. The number of aromatic amines is 1. The van der Waals surface area contributed by atoms with Crippen molar-refractivity contribution in [1.82, 2.24) is 9.88 Å². The number of thiophene rings is 1. The van der Waals surface area contributed by atoms with E-state index in [1.165, 1.54) is 11.3 Å². The zero-order valence-corrected chi connectivity index (χ0v) is 16.4. The number of hydrogen-bond donors (Lipinski definition) is 1. The summed E-state index contributed by atoms with van der Waals surface area (Å²) < 4.78 is 11.8. The minimum atomic E-state index is -0.516. The van der Waals surface area contributed by atoms with Crippen molar-refractivity contribution in [3.05, 3.63) is 34.4 Å². The maximum absolute atomic E-state index is 12.7. The number of carbonyl (C=O) groups is 2. The van der Waals surface area contributed by atoms with Crippen molar-refractivity contribution in [3.8, 4) is 10.4 Å². The molecule has 1 saturated heterocycles. The van der Waals surface area contributed by atoms with Crippen molar-refractivity contribution >= 4 is 34.8 Å². The number of carbonyl (C=O) groups excluding carboxylic acids is 2. The summed E-state index contributed by atoms with van der Waals surface area (Å²) >= 11 is 7.37. The maximum Gasteiger partial charge on any atom is 0.340 e. The molecule has 27 heavy (non-hydrogen) atoms. The summed E-state index contributed by atoms with van der Waals surface area (Å²) in [4.78, 5) is 30.8. The van der Waals surface area contributed by atoms with Crippen LogP contribution in [-0.2, 0) is 14.3 Å². The van der Waals surface area contributed by atoms with Gasteiger partial charge in [0.2, 0.25) is 0 Å². The van der Waals surface area contributed by atoms with Gasteiger partial charge in [-0.2, -0.15) is 0 Å². The highest BCUT2D eigenvalue weighted by Gasteiger charge is 2.36. The second kappa shape index (κ2) is 8.04. The molecule has 3 heterocycles. The quantitative estimate of drug-likeness (QED) is 0.782. The molecule has 2 atom stereocenters. The lowest BCUT2D eigenvalue weighted by Gasteiger charge is -2.43. The number of amides is 1. The molecular weight excluding hydrogens is 388 g/mol. The second-order valence-electron chi connectivity index (χ2n) is 6.81. The molecule has 1 aliphatic carbocycles. The van der Waals surface area contributed by atoms with E-state index < -0.39 is 5.97 Å². The van der Waals surface area contributed by atoms with E-state index in [0.717, 1.165) is 36.1 Å². The fourth-order valence-corrected chi connectivity index (χ4v) is 4.96. The number of halogens is 1. The molecule has 6 nitrogen and oxygen atoms in total. The number of rotatable bonds is 4. The van der Waals surface area contributed by atoms with Gasteiger partial charge < -0.3 is 19.4 Å². The van der Waals surface area contributed by atoms with Crippen LogP contribution in [0.25, 0.3) is 10.4 Å². The van der Waals surface area contributed by atoms with Crippen molar-refractivity contribution in [2.45, 2.75) is 37.8 Å². The number of hydrogen-bond acceptors (Lipinski definition) is 5. The van der Waals surface area contributed by atoms with E-state index >= 15 is 0 Å². The monoisotopic (exact) mass is 408 g/mol. The zero-order valence-electron chi connectivity index (χ0n) is 14.8. The molecule has 8 heteroatoms. The summed E-state index contributed by atoms with van der Waals surface area (Å²) in [5.74, 6) is -0.669. The molecule has 2 fully saturated rings. The molecule has 0 spiro atoms. The molecule has 2 aromatic heterocycles. The Morgan fingerprint density at radius 2 is 2.15 bits per heavy atom. The van der Waals surface area contributed by atoms with Gasteiger partial charge in [0.25, 0.3) is 5.91 Å². The van der Waals surface area contributed by atoms with Crippen LogP contribution in [0.15, 0.2) is 24.5 Å². The number of ether oxygens (including phenoxy) is 2. The molecule has 1 aliphatic heterocycles. The first-order valence-electron chi connectivity index (χ1n) is 9.14. The Morgan fingerprint density at radius 3 is 2.96 bits per heavy atom. The Balaban J connectivity index is 1.39. The van der Waals surface area contributed by atoms with Crippen LogP contribution in [0.3, 0.4) is 0 Å². The third-order valence-electron chi connectivity index (χ3n) is 5.18. The molecule has 2 aliphatic rings. The number of nitrogens with zero attached hydrogens (tertiary/aromatic N) is 1. The lowest BCUT2D eigenvalue weighted by Crippen LogP contribution is -2.55. The first-order chi connectivity index (χ1) is 13.1. The largest absolute Gasteiger partial charge is 0.452 e. The highest BCUT2D eigenvalue weighted by atomic mass is 35.5. The topological polar surface area (TPSA) is 71.6 Å². The first kappa shape index (κ1) is 18.5. The molecule has 0 aromatic carbocycles. The van der Waals surface area contributed by atoms with Gasteiger partial charge in [0.05, 0.1) is 28.7 Å². The standard InChI is InChI=1S/C19H21ClN2O4S/c20-17-6-5-16(27-17)12-9-21-10-13(12)19(24)26-11-18(23)22-7-8-25-15-4-2-1-3-14(15)22/h5-6,9-10,14-15,21H,1-4,7-8,11H2/t14-,15-/m1/s1. The number of morpholine rings is 1. The van der Waals surface area contributed by atoms with Gasteiger partial charge in [-0.15, -0.1) is 11.3 Å². The SMILES string of the molecule is O=C(OCC(=O)N1CCO[C@@H]2CCCC[C@H]21)c1c[nH]cc1-c1ccc(Cl)s1. The summed E-state index contributed by atoms with van der Waals surface area (Å²) in [6.45, 7) is 0.848. The highest BCUT2D eigenvalue weighted by Crippen LogP contribution is 2.33. The van der Waals surface area contributed by atoms with E-state index in [1.807, 2.05) is 11.0 Å². The number of esters is 1. The molecular formula is C19H21ClN2O4S. The van der Waals surface area contributed by atoms with E-state index in [9.17, 15) is 9.59 Å². The summed E-state index contributed by atoms with van der Waals surface area (Å²) in [6.07, 6.45) is 7.62. The van der Waals surface area contributed by atoms with E-state index in [1.54, 1.807) is 18.5 Å². The van der Waals surface area contributed by atoms with Gasteiger partial charge in [0.15, 0.2) is 6.61 Å². The minimum Gasteiger partial charge on any atom is -0.452 e. The van der Waals surface area contributed by atoms with Crippen LogP contribution in [0.4, 0.5) is 0 Å². The predicted octanol–water partition coefficient (Wildman–Crippen LogP) is 3.72. The second-order valence-corrected chi connectivity index (χ2v) is 8.53. The van der Waals surface area contributed by atoms with Crippen molar-refractivity contribution in [3.63, 3.8) is 0 Å². The average Bonchev–Trinajstić information content (AvgIpc) is 3.34. The highest BCUT2D eigenvalue weighted by molar-refractivity contribution is 7.19. The molecule has 144 valence electrons. The zero-order chi connectivity index (χ0) is 18.8. The fraction of sp³-hybridized carbons (Fsp3) is 0.474. The van der Waals surface area contributed by atoms with E-state index in [4.69, 9.17) is 21.1 Å². The van der Waals surface area contributed by atoms with Gasteiger partial charge in [-0.3, -0.25) is 4.79 Å². The fourth-order valence-electron chi connectivity index (χ4n) is 3.89. The molecule has 0 unspecified atom stereocenters. The first-order valence-corrected chi connectivity index (χ1v) is 10.3. The van der Waals surface area contributed by atoms with Crippen LogP contribution < -0.4 is 0 Å². The molecule has 1 saturated carbocycles. The summed E-state index contributed by atoms with van der Waals surface area (Å²) in [5, 5.41) is 0. The van der Waals surface area contributed by atoms with Crippen molar-refractivity contribution in [2.75, 3.05) is 19.8 Å². The van der Waals surface area contributed by atoms with Crippen LogP contribution in [0, 0.1) is 0 Å². The Bertz CT molecular complexity index is 831. The van der Waals surface area contributed by atoms with Gasteiger partial charge in [-0.25, -0.2) is 4.79 Å². The number of fused-ring (bicyclic) bond motifs is 1. The number of aromatic nitrogens is 1. The average molecular weight is 409 g/mol. The van der Waals surface area contributed by atoms with Crippen LogP contribution in [0.5, 0.6) is 0 Å². The lowest BCUT2D eigenvalue weighted by atomic mass is 9.90. The number of nitrogens with one attached hydrogen (secondary N) is 1. The summed E-state index contributed by atoms with van der Waals surface area (Å²) in [6, 6.07) is 3.75. The summed E-state index contributed by atoms with van der Waals surface area (Å²) in [5.41, 5.74) is 1.13. The van der Waals surface area contributed by atoms with E-state index in [-0.39, 0.29) is 24.7 Å². The Hall–Kier alpha value is -1.83. The van der Waals surface area contributed by atoms with Gasteiger partial charge in [0, 0.05) is 29.4 Å².